The van der Waals surface area contributed by atoms with E-state index in [1.807, 2.05) is 31.2 Å². The molecule has 0 aliphatic heterocycles. The molecular weight excluding hydrogens is 293 g/mol. The molecule has 1 heterocycles. The van der Waals surface area contributed by atoms with Crippen molar-refractivity contribution in [2.24, 2.45) is 0 Å². The van der Waals surface area contributed by atoms with E-state index in [2.05, 4.69) is 10.4 Å². The lowest BCUT2D eigenvalue weighted by Crippen LogP contribution is -2.31. The number of aromatic nitrogens is 2. The molecule has 1 N–H and O–H groups in total. The van der Waals surface area contributed by atoms with Gasteiger partial charge in [0.25, 0.3) is 0 Å². The molecule has 1 atom stereocenters. The Kier molecular flexibility index (Phi) is 4.10. The molecule has 0 fully saturated rings. The molecule has 1 amide bonds. The van der Waals surface area contributed by atoms with E-state index < -0.39 is 6.04 Å². The number of hydrogen-bond acceptors (Lipinski definition) is 2. The Morgan fingerprint density at radius 2 is 1.91 bits per heavy atom. The zero-order valence-electron chi connectivity index (χ0n) is 13.1. The number of hydrogen-bond donors (Lipinski definition) is 1. The van der Waals surface area contributed by atoms with Gasteiger partial charge in [0.1, 0.15) is 11.9 Å². The number of nitrogens with one attached hydrogen (secondary N) is 1. The second-order valence-corrected chi connectivity index (χ2v) is 5.53. The first kappa shape index (κ1) is 15.2. The lowest BCUT2D eigenvalue weighted by molar-refractivity contribution is -0.124. The highest BCUT2D eigenvalue weighted by molar-refractivity contribution is 5.86. The lowest BCUT2D eigenvalue weighted by Gasteiger charge is -2.14. The summed E-state index contributed by atoms with van der Waals surface area (Å²) in [6, 6.07) is 13.7. The van der Waals surface area contributed by atoms with Gasteiger partial charge in [0.15, 0.2) is 0 Å². The Labute approximate surface area is 133 Å². The van der Waals surface area contributed by atoms with Crippen LogP contribution in [0.5, 0.6) is 0 Å². The molecule has 23 heavy (non-hydrogen) atoms. The standard InChI is InChI=1S/C18H18FN3O/c1-12-15-8-4-6-10-17(15)22(21-12)13(2)18(23)20-11-14-7-3-5-9-16(14)19/h3-10,13H,11H2,1-2H3,(H,20,23)/t13-/m1/s1. The van der Waals surface area contributed by atoms with Crippen LogP contribution in [-0.2, 0) is 11.3 Å². The van der Waals surface area contributed by atoms with Crippen LogP contribution in [0.15, 0.2) is 48.5 Å². The number of para-hydroxylation sites is 1. The Hall–Kier alpha value is -2.69. The fraction of sp³-hybridized carbons (Fsp3) is 0.222. The van der Waals surface area contributed by atoms with Gasteiger partial charge in [-0.3, -0.25) is 9.48 Å². The minimum Gasteiger partial charge on any atom is -0.350 e. The topological polar surface area (TPSA) is 46.9 Å². The van der Waals surface area contributed by atoms with E-state index >= 15 is 0 Å². The fourth-order valence-corrected chi connectivity index (χ4v) is 2.63. The van der Waals surface area contributed by atoms with Gasteiger partial charge in [-0.2, -0.15) is 5.10 Å². The van der Waals surface area contributed by atoms with Crippen molar-refractivity contribution >= 4 is 16.8 Å². The van der Waals surface area contributed by atoms with E-state index in [1.165, 1.54) is 6.07 Å². The Bertz CT molecular complexity index is 856. The molecule has 0 aliphatic rings. The van der Waals surface area contributed by atoms with Crippen LogP contribution in [0.4, 0.5) is 4.39 Å². The van der Waals surface area contributed by atoms with E-state index in [0.29, 0.717) is 5.56 Å². The molecule has 0 radical (unpaired) electrons. The first-order chi connectivity index (χ1) is 11.1. The smallest absolute Gasteiger partial charge is 0.244 e. The van der Waals surface area contributed by atoms with Crippen molar-refractivity contribution in [3.63, 3.8) is 0 Å². The Morgan fingerprint density at radius 3 is 2.70 bits per heavy atom. The summed E-state index contributed by atoms with van der Waals surface area (Å²) in [6.07, 6.45) is 0. The molecule has 1 aromatic heterocycles. The summed E-state index contributed by atoms with van der Waals surface area (Å²) in [6.45, 7) is 3.87. The highest BCUT2D eigenvalue weighted by Crippen LogP contribution is 2.21. The van der Waals surface area contributed by atoms with E-state index in [9.17, 15) is 9.18 Å². The highest BCUT2D eigenvalue weighted by atomic mass is 19.1. The number of carbonyl (C=O) groups excluding carboxylic acids is 1. The molecule has 0 saturated heterocycles. The number of aryl methyl sites for hydroxylation is 1. The minimum absolute atomic E-state index is 0.161. The van der Waals surface area contributed by atoms with E-state index in [4.69, 9.17) is 0 Å². The van der Waals surface area contributed by atoms with Crippen molar-refractivity contribution in [1.82, 2.24) is 15.1 Å². The SMILES string of the molecule is Cc1nn([C@H](C)C(=O)NCc2ccccc2F)c2ccccc12. The summed E-state index contributed by atoms with van der Waals surface area (Å²) < 4.78 is 15.3. The molecule has 0 saturated carbocycles. The van der Waals surface area contributed by atoms with E-state index in [1.54, 1.807) is 29.8 Å². The van der Waals surface area contributed by atoms with Crippen LogP contribution in [0, 0.1) is 12.7 Å². The maximum atomic E-state index is 13.6. The molecule has 0 aliphatic carbocycles. The summed E-state index contributed by atoms with van der Waals surface area (Å²) >= 11 is 0. The molecule has 118 valence electrons. The van der Waals surface area contributed by atoms with E-state index in [0.717, 1.165) is 16.6 Å². The summed E-state index contributed by atoms with van der Waals surface area (Å²) in [4.78, 5) is 12.4. The molecule has 4 nitrogen and oxygen atoms in total. The largest absolute Gasteiger partial charge is 0.350 e. The van der Waals surface area contributed by atoms with Crippen LogP contribution < -0.4 is 5.32 Å². The lowest BCUT2D eigenvalue weighted by atomic mass is 10.2. The average Bonchev–Trinajstić information content (AvgIpc) is 2.90. The first-order valence-electron chi connectivity index (χ1n) is 7.53. The van der Waals surface area contributed by atoms with Crippen LogP contribution >= 0.6 is 0 Å². The van der Waals surface area contributed by atoms with Crippen LogP contribution in [0.1, 0.15) is 24.2 Å². The number of rotatable bonds is 4. The predicted octanol–water partition coefficient (Wildman–Crippen LogP) is 3.36. The monoisotopic (exact) mass is 311 g/mol. The molecule has 0 spiro atoms. The zero-order valence-corrected chi connectivity index (χ0v) is 13.1. The highest BCUT2D eigenvalue weighted by Gasteiger charge is 2.19. The number of halogens is 1. The van der Waals surface area contributed by atoms with Crippen molar-refractivity contribution < 1.29 is 9.18 Å². The molecule has 2 aromatic carbocycles. The molecule has 3 aromatic rings. The maximum absolute atomic E-state index is 13.6. The summed E-state index contributed by atoms with van der Waals surface area (Å²) in [5, 5.41) is 8.27. The fourth-order valence-electron chi connectivity index (χ4n) is 2.63. The van der Waals surface area contributed by atoms with Gasteiger partial charge in [0, 0.05) is 17.5 Å². The summed E-state index contributed by atoms with van der Waals surface area (Å²) in [5.74, 6) is -0.512. The third kappa shape index (κ3) is 2.95. The molecule has 0 bridgehead atoms. The number of amides is 1. The van der Waals surface area contributed by atoms with Gasteiger partial charge >= 0.3 is 0 Å². The van der Waals surface area contributed by atoms with Gasteiger partial charge in [-0.25, -0.2) is 4.39 Å². The summed E-state index contributed by atoms with van der Waals surface area (Å²) in [7, 11) is 0. The molecule has 5 heteroatoms. The second kappa shape index (κ2) is 6.20. The molecule has 0 unspecified atom stereocenters. The van der Waals surface area contributed by atoms with Gasteiger partial charge in [-0.15, -0.1) is 0 Å². The molecular formula is C18H18FN3O. The van der Waals surface area contributed by atoms with Gasteiger partial charge in [-0.05, 0) is 26.0 Å². The van der Waals surface area contributed by atoms with Crippen molar-refractivity contribution in [2.45, 2.75) is 26.4 Å². The van der Waals surface area contributed by atoms with Gasteiger partial charge in [0.05, 0.1) is 11.2 Å². The minimum atomic E-state index is -0.472. The van der Waals surface area contributed by atoms with Gasteiger partial charge in [-0.1, -0.05) is 36.4 Å². The van der Waals surface area contributed by atoms with Crippen molar-refractivity contribution in [3.05, 3.63) is 65.6 Å². The summed E-state index contributed by atoms with van der Waals surface area (Å²) in [5.41, 5.74) is 2.27. The van der Waals surface area contributed by atoms with Crippen molar-refractivity contribution in [2.75, 3.05) is 0 Å². The molecule has 3 rings (SSSR count). The Balaban J connectivity index is 1.78. The quantitative estimate of drug-likeness (QED) is 0.803. The second-order valence-electron chi connectivity index (χ2n) is 5.53. The average molecular weight is 311 g/mol. The normalized spacial score (nSPS) is 12.3. The van der Waals surface area contributed by atoms with Crippen LogP contribution in [0.3, 0.4) is 0 Å². The van der Waals surface area contributed by atoms with Crippen LogP contribution in [0.2, 0.25) is 0 Å². The van der Waals surface area contributed by atoms with Crippen molar-refractivity contribution in [3.8, 4) is 0 Å². The van der Waals surface area contributed by atoms with E-state index in [-0.39, 0.29) is 18.3 Å². The number of fused-ring (bicyclic) bond motifs is 1. The van der Waals surface area contributed by atoms with Crippen molar-refractivity contribution in [1.29, 1.82) is 0 Å². The zero-order chi connectivity index (χ0) is 16.4. The third-order valence-corrected chi connectivity index (χ3v) is 3.96. The van der Waals surface area contributed by atoms with Gasteiger partial charge < -0.3 is 5.32 Å². The number of nitrogens with zero attached hydrogens (tertiary/aromatic N) is 2. The first-order valence-corrected chi connectivity index (χ1v) is 7.53. The van der Waals surface area contributed by atoms with Crippen LogP contribution in [0.25, 0.3) is 10.9 Å². The van der Waals surface area contributed by atoms with Crippen LogP contribution in [-0.4, -0.2) is 15.7 Å². The van der Waals surface area contributed by atoms with Gasteiger partial charge in [0.2, 0.25) is 5.91 Å². The third-order valence-electron chi connectivity index (χ3n) is 3.96. The maximum Gasteiger partial charge on any atom is 0.244 e. The number of benzene rings is 2. The Morgan fingerprint density at radius 1 is 1.22 bits per heavy atom. The predicted molar refractivity (Wildman–Crippen MR) is 87.4 cm³/mol. The number of carbonyl (C=O) groups is 1.